The van der Waals surface area contributed by atoms with Gasteiger partial charge in [0.05, 0.1) is 4.92 Å². The highest BCUT2D eigenvalue weighted by molar-refractivity contribution is 5.72. The van der Waals surface area contributed by atoms with Crippen LogP contribution < -0.4 is 10.6 Å². The van der Waals surface area contributed by atoms with E-state index >= 15 is 0 Å². The standard InChI is InChI=1S/C16H15N7O2/c1-11-4-2-6-13(21-11)22-16-14(23(24)25)15(19-10-20-16)18-9-12-5-3-7-17-8-12/h2-8,10H,9H2,1H3,(H2,18,19,20,21,22). The second-order valence-corrected chi connectivity index (χ2v) is 5.18. The summed E-state index contributed by atoms with van der Waals surface area (Å²) in [7, 11) is 0. The Hall–Kier alpha value is -3.62. The Morgan fingerprint density at radius 1 is 1.16 bits per heavy atom. The van der Waals surface area contributed by atoms with Crippen molar-refractivity contribution in [2.45, 2.75) is 13.5 Å². The maximum absolute atomic E-state index is 11.5. The van der Waals surface area contributed by atoms with Crippen molar-refractivity contribution in [3.05, 3.63) is 70.4 Å². The van der Waals surface area contributed by atoms with Crippen LogP contribution in [0.5, 0.6) is 0 Å². The fourth-order valence-corrected chi connectivity index (χ4v) is 2.20. The van der Waals surface area contributed by atoms with Crippen molar-refractivity contribution >= 4 is 23.1 Å². The Bertz CT molecular complexity index is 887. The van der Waals surface area contributed by atoms with Gasteiger partial charge in [-0.15, -0.1) is 0 Å². The van der Waals surface area contributed by atoms with Gasteiger partial charge in [-0.25, -0.2) is 15.0 Å². The quantitative estimate of drug-likeness (QED) is 0.520. The number of aromatic nitrogens is 4. The molecule has 0 bridgehead atoms. The largest absolute Gasteiger partial charge is 0.360 e. The third kappa shape index (κ3) is 4.02. The van der Waals surface area contributed by atoms with Crippen LogP contribution in [0, 0.1) is 17.0 Å². The monoisotopic (exact) mass is 337 g/mol. The van der Waals surface area contributed by atoms with Crippen LogP contribution in [0.25, 0.3) is 0 Å². The van der Waals surface area contributed by atoms with Gasteiger partial charge in [-0.1, -0.05) is 12.1 Å². The SMILES string of the molecule is Cc1cccc(Nc2ncnc(NCc3cccnc3)c2[N+](=O)[O-])n1. The molecular weight excluding hydrogens is 322 g/mol. The Kier molecular flexibility index (Phi) is 4.74. The highest BCUT2D eigenvalue weighted by atomic mass is 16.6. The summed E-state index contributed by atoms with van der Waals surface area (Å²) in [6.45, 7) is 2.19. The third-order valence-corrected chi connectivity index (χ3v) is 3.32. The van der Waals surface area contributed by atoms with Gasteiger partial charge >= 0.3 is 5.69 Å². The number of rotatable bonds is 6. The molecule has 0 amide bonds. The van der Waals surface area contributed by atoms with Gasteiger partial charge < -0.3 is 10.6 Å². The third-order valence-electron chi connectivity index (χ3n) is 3.32. The first-order chi connectivity index (χ1) is 12.1. The van der Waals surface area contributed by atoms with Gasteiger partial charge in [-0.2, -0.15) is 0 Å². The lowest BCUT2D eigenvalue weighted by molar-refractivity contribution is -0.383. The molecule has 0 saturated heterocycles. The van der Waals surface area contributed by atoms with Crippen molar-refractivity contribution in [1.82, 2.24) is 19.9 Å². The number of nitro groups is 1. The van der Waals surface area contributed by atoms with Crippen LogP contribution in [0.2, 0.25) is 0 Å². The van der Waals surface area contributed by atoms with Crippen molar-refractivity contribution in [1.29, 1.82) is 0 Å². The zero-order valence-corrected chi connectivity index (χ0v) is 13.4. The molecule has 9 heteroatoms. The molecule has 0 aliphatic carbocycles. The van der Waals surface area contributed by atoms with Crippen LogP contribution in [-0.4, -0.2) is 24.9 Å². The molecule has 0 radical (unpaired) electrons. The molecule has 9 nitrogen and oxygen atoms in total. The summed E-state index contributed by atoms with van der Waals surface area (Å²) in [6.07, 6.45) is 4.60. The topological polar surface area (TPSA) is 119 Å². The van der Waals surface area contributed by atoms with Gasteiger partial charge in [0.25, 0.3) is 0 Å². The van der Waals surface area contributed by atoms with Crippen LogP contribution in [0.15, 0.2) is 49.1 Å². The lowest BCUT2D eigenvalue weighted by Crippen LogP contribution is -2.08. The first-order valence-corrected chi connectivity index (χ1v) is 7.46. The van der Waals surface area contributed by atoms with Crippen LogP contribution in [0.1, 0.15) is 11.3 Å². The molecule has 3 aromatic heterocycles. The summed E-state index contributed by atoms with van der Waals surface area (Å²) in [5.74, 6) is 0.672. The van der Waals surface area contributed by atoms with Crippen molar-refractivity contribution < 1.29 is 4.92 Å². The average molecular weight is 337 g/mol. The van der Waals surface area contributed by atoms with E-state index in [0.717, 1.165) is 11.3 Å². The predicted molar refractivity (Wildman–Crippen MR) is 92.5 cm³/mol. The first-order valence-electron chi connectivity index (χ1n) is 7.46. The summed E-state index contributed by atoms with van der Waals surface area (Å²) in [6, 6.07) is 9.01. The Morgan fingerprint density at radius 3 is 2.72 bits per heavy atom. The molecule has 25 heavy (non-hydrogen) atoms. The number of nitrogens with one attached hydrogen (secondary N) is 2. The van der Waals surface area contributed by atoms with Crippen LogP contribution >= 0.6 is 0 Å². The Morgan fingerprint density at radius 2 is 2.00 bits per heavy atom. The van der Waals surface area contributed by atoms with Crippen LogP contribution in [0.4, 0.5) is 23.1 Å². The van der Waals surface area contributed by atoms with Gasteiger partial charge in [0.2, 0.25) is 11.6 Å². The van der Waals surface area contributed by atoms with E-state index in [2.05, 4.69) is 30.6 Å². The highest BCUT2D eigenvalue weighted by Crippen LogP contribution is 2.30. The minimum Gasteiger partial charge on any atom is -0.360 e. The number of anilines is 3. The molecule has 3 heterocycles. The van der Waals surface area contributed by atoms with Crippen LogP contribution in [0.3, 0.4) is 0 Å². The highest BCUT2D eigenvalue weighted by Gasteiger charge is 2.23. The minimum atomic E-state index is -0.524. The first kappa shape index (κ1) is 16.2. The van der Waals surface area contributed by atoms with Crippen molar-refractivity contribution in [3.63, 3.8) is 0 Å². The van der Waals surface area contributed by atoms with Crippen molar-refractivity contribution in [2.75, 3.05) is 10.6 Å². The van der Waals surface area contributed by atoms with Gasteiger partial charge in [0, 0.05) is 24.6 Å². The van der Waals surface area contributed by atoms with Gasteiger partial charge in [-0.05, 0) is 30.7 Å². The molecular formula is C16H15N7O2. The Balaban J connectivity index is 1.87. The normalized spacial score (nSPS) is 10.3. The molecule has 126 valence electrons. The number of aryl methyl sites for hydroxylation is 1. The summed E-state index contributed by atoms with van der Waals surface area (Å²) >= 11 is 0. The molecule has 0 unspecified atom stereocenters. The fourth-order valence-electron chi connectivity index (χ4n) is 2.20. The van der Waals surface area contributed by atoms with Crippen molar-refractivity contribution in [3.8, 4) is 0 Å². The van der Waals surface area contributed by atoms with E-state index in [-0.39, 0.29) is 17.3 Å². The maximum Gasteiger partial charge on any atom is 0.353 e. The maximum atomic E-state index is 11.5. The van der Waals surface area contributed by atoms with Crippen molar-refractivity contribution in [2.24, 2.45) is 0 Å². The molecule has 3 aromatic rings. The van der Waals surface area contributed by atoms with E-state index in [1.807, 2.05) is 19.1 Å². The molecule has 0 aliphatic rings. The van der Waals surface area contributed by atoms with E-state index in [4.69, 9.17) is 0 Å². The average Bonchev–Trinajstić information content (AvgIpc) is 2.61. The second kappa shape index (κ2) is 7.30. The molecule has 0 fully saturated rings. The predicted octanol–water partition coefficient (Wildman–Crippen LogP) is 2.84. The number of hydrogen-bond acceptors (Lipinski definition) is 8. The lowest BCUT2D eigenvalue weighted by Gasteiger charge is -2.10. The van der Waals surface area contributed by atoms with E-state index in [9.17, 15) is 10.1 Å². The zero-order chi connectivity index (χ0) is 17.6. The van der Waals surface area contributed by atoms with E-state index in [1.165, 1.54) is 6.33 Å². The molecule has 3 rings (SSSR count). The van der Waals surface area contributed by atoms with Crippen LogP contribution in [-0.2, 0) is 6.54 Å². The van der Waals surface area contributed by atoms with E-state index in [0.29, 0.717) is 12.4 Å². The molecule has 0 saturated carbocycles. The summed E-state index contributed by atoms with van der Waals surface area (Å²) in [5.41, 5.74) is 1.43. The lowest BCUT2D eigenvalue weighted by atomic mass is 10.3. The van der Waals surface area contributed by atoms with E-state index in [1.54, 1.807) is 30.6 Å². The minimum absolute atomic E-state index is 0.0757. The second-order valence-electron chi connectivity index (χ2n) is 5.18. The number of hydrogen-bond donors (Lipinski definition) is 2. The fraction of sp³-hybridized carbons (Fsp3) is 0.125. The van der Waals surface area contributed by atoms with E-state index < -0.39 is 4.92 Å². The molecule has 0 atom stereocenters. The molecule has 2 N–H and O–H groups in total. The summed E-state index contributed by atoms with van der Waals surface area (Å²) in [5, 5.41) is 17.4. The zero-order valence-electron chi connectivity index (χ0n) is 13.4. The van der Waals surface area contributed by atoms with Gasteiger partial charge in [-0.3, -0.25) is 15.1 Å². The smallest absolute Gasteiger partial charge is 0.353 e. The molecule has 0 aliphatic heterocycles. The Labute approximate surface area is 143 Å². The molecule has 0 spiro atoms. The van der Waals surface area contributed by atoms with Gasteiger partial charge in [0.15, 0.2) is 0 Å². The summed E-state index contributed by atoms with van der Waals surface area (Å²) in [4.78, 5) is 27.3. The summed E-state index contributed by atoms with van der Waals surface area (Å²) < 4.78 is 0. The number of pyridine rings is 2. The molecule has 0 aromatic carbocycles. The van der Waals surface area contributed by atoms with Gasteiger partial charge in [0.1, 0.15) is 12.1 Å². The number of nitrogens with zero attached hydrogens (tertiary/aromatic N) is 5.